The number of Topliss-reactive ketones (excluding diaryl/α,β-unsaturated/α-hetero) is 1. The van der Waals surface area contributed by atoms with Crippen LogP contribution in [0.4, 0.5) is 16.3 Å². The molecule has 2 aliphatic rings. The maximum atomic E-state index is 12.5. The summed E-state index contributed by atoms with van der Waals surface area (Å²) in [4.78, 5) is 47.3. The van der Waals surface area contributed by atoms with Crippen LogP contribution in [0.2, 0.25) is 0 Å². The van der Waals surface area contributed by atoms with Gasteiger partial charge in [0.05, 0.1) is 0 Å². The van der Waals surface area contributed by atoms with Crippen LogP contribution in [-0.4, -0.2) is 82.3 Å². The molecule has 212 valence electrons. The molecule has 5 rings (SSSR count). The van der Waals surface area contributed by atoms with E-state index >= 15 is 0 Å². The summed E-state index contributed by atoms with van der Waals surface area (Å²) in [6.45, 7) is 10.2. The fourth-order valence-electron chi connectivity index (χ4n) is 5.47. The number of rotatable bonds is 6. The van der Waals surface area contributed by atoms with Gasteiger partial charge in [-0.2, -0.15) is 0 Å². The van der Waals surface area contributed by atoms with E-state index in [2.05, 4.69) is 9.80 Å². The highest BCUT2D eigenvalue weighted by Gasteiger charge is 2.39. The normalized spacial score (nSPS) is 19.3. The largest absolute Gasteiger partial charge is 0.477 e. The van der Waals surface area contributed by atoms with Crippen LogP contribution in [0.1, 0.15) is 67.4 Å². The molecular weight excluding hydrogens is 510 g/mol. The van der Waals surface area contributed by atoms with Crippen molar-refractivity contribution in [3.8, 4) is 0 Å². The number of anilines is 2. The van der Waals surface area contributed by atoms with Crippen LogP contribution < -0.4 is 9.80 Å². The molecule has 1 N–H and O–H groups in total. The predicted molar refractivity (Wildman–Crippen MR) is 154 cm³/mol. The number of benzene rings is 1. The van der Waals surface area contributed by atoms with Crippen molar-refractivity contribution in [2.75, 3.05) is 43.0 Å². The third-order valence-electron chi connectivity index (χ3n) is 7.81. The number of hydrogen-bond acceptors (Lipinski definition) is 7. The van der Waals surface area contributed by atoms with Crippen LogP contribution in [0.15, 0.2) is 42.5 Å². The molecular formula is C30H37N5O5. The van der Waals surface area contributed by atoms with Crippen molar-refractivity contribution in [3.05, 3.63) is 53.7 Å². The summed E-state index contributed by atoms with van der Waals surface area (Å²) in [5.74, 6) is -0.119. The van der Waals surface area contributed by atoms with Crippen molar-refractivity contribution in [2.24, 2.45) is 0 Å². The van der Waals surface area contributed by atoms with E-state index < -0.39 is 11.6 Å². The number of piperazine rings is 1. The van der Waals surface area contributed by atoms with Crippen molar-refractivity contribution in [3.63, 3.8) is 0 Å². The molecule has 10 heteroatoms. The first-order valence-electron chi connectivity index (χ1n) is 13.7. The summed E-state index contributed by atoms with van der Waals surface area (Å²) in [6, 6.07) is 13.2. The molecule has 0 bridgehead atoms. The second-order valence-corrected chi connectivity index (χ2v) is 11.7. The van der Waals surface area contributed by atoms with Gasteiger partial charge in [-0.1, -0.05) is 0 Å². The average Bonchev–Trinajstić information content (AvgIpc) is 3.26. The second kappa shape index (κ2) is 10.5. The minimum absolute atomic E-state index is 0.0280. The Hall–Kier alpha value is -4.08. The SMILES string of the molecule is CC(=O)c1ccc(N2CCN(c3ccc4cc(C(=O)O)n([C@H]5C[C@H](N(C)C(=O)OC(C)(C)C)C5)c4n3)CC2)cc1. The number of carbonyl (C=O) groups is 3. The number of carbonyl (C=O) groups excluding carboxylic acids is 2. The molecule has 0 unspecified atom stereocenters. The fourth-order valence-corrected chi connectivity index (χ4v) is 5.47. The Morgan fingerprint density at radius 3 is 2.17 bits per heavy atom. The molecule has 3 heterocycles. The number of pyridine rings is 1. The minimum Gasteiger partial charge on any atom is -0.477 e. The lowest BCUT2D eigenvalue weighted by molar-refractivity contribution is 0.00764. The monoisotopic (exact) mass is 547 g/mol. The van der Waals surface area contributed by atoms with Gasteiger partial charge in [0, 0.05) is 61.9 Å². The van der Waals surface area contributed by atoms with Crippen LogP contribution in [0.3, 0.4) is 0 Å². The quantitative estimate of drug-likeness (QED) is 0.437. The number of ether oxygens (including phenoxy) is 1. The van der Waals surface area contributed by atoms with Gasteiger partial charge in [-0.3, -0.25) is 4.79 Å². The van der Waals surface area contributed by atoms with Crippen molar-refractivity contribution in [1.82, 2.24) is 14.5 Å². The van der Waals surface area contributed by atoms with E-state index in [4.69, 9.17) is 9.72 Å². The maximum absolute atomic E-state index is 12.5. The van der Waals surface area contributed by atoms with Gasteiger partial charge in [-0.05, 0) is 83.0 Å². The van der Waals surface area contributed by atoms with Gasteiger partial charge in [0.1, 0.15) is 22.8 Å². The highest BCUT2D eigenvalue weighted by Crippen LogP contribution is 2.40. The van der Waals surface area contributed by atoms with E-state index in [0.29, 0.717) is 24.1 Å². The second-order valence-electron chi connectivity index (χ2n) is 11.7. The summed E-state index contributed by atoms with van der Waals surface area (Å²) < 4.78 is 7.33. The molecule has 2 fully saturated rings. The van der Waals surface area contributed by atoms with E-state index in [1.807, 2.05) is 61.7 Å². The molecule has 0 radical (unpaired) electrons. The summed E-state index contributed by atoms with van der Waals surface area (Å²) in [5, 5.41) is 10.7. The lowest BCUT2D eigenvalue weighted by atomic mass is 9.85. The molecule has 1 aromatic carbocycles. The highest BCUT2D eigenvalue weighted by molar-refractivity contribution is 5.95. The molecule has 1 aliphatic heterocycles. The van der Waals surface area contributed by atoms with Gasteiger partial charge < -0.3 is 29.1 Å². The molecule has 0 atom stereocenters. The highest BCUT2D eigenvalue weighted by atomic mass is 16.6. The number of nitrogens with zero attached hydrogens (tertiary/aromatic N) is 5. The molecule has 1 saturated carbocycles. The summed E-state index contributed by atoms with van der Waals surface area (Å²) in [6.07, 6.45) is 0.890. The molecule has 3 aromatic rings. The standard InChI is InChI=1S/C30H37N5O5/c1-19(36)20-6-9-22(10-7-20)33-12-14-34(15-13-33)26-11-8-21-16-25(28(37)38)35(27(21)31-26)24-17-23(18-24)32(5)29(39)40-30(2,3)4/h6-11,16,23-24H,12-15,17-18H2,1-5H3,(H,37,38)/t23-,24-. The number of aromatic nitrogens is 2. The number of hydrogen-bond donors (Lipinski definition) is 1. The number of carboxylic acid groups (broad SMARTS) is 1. The Bertz CT molecular complexity index is 1430. The molecule has 0 spiro atoms. The molecule has 1 aliphatic carbocycles. The number of aromatic carboxylic acids is 1. The van der Waals surface area contributed by atoms with Crippen molar-refractivity contribution < 1.29 is 24.2 Å². The predicted octanol–water partition coefficient (Wildman–Crippen LogP) is 4.83. The fraction of sp³-hybridized carbons (Fsp3) is 0.467. The Balaban J connectivity index is 1.31. The minimum atomic E-state index is -0.993. The Kier molecular flexibility index (Phi) is 7.20. The van der Waals surface area contributed by atoms with E-state index in [0.717, 1.165) is 43.1 Å². The topological polar surface area (TPSA) is 108 Å². The first-order valence-corrected chi connectivity index (χ1v) is 13.7. The zero-order valence-corrected chi connectivity index (χ0v) is 23.8. The van der Waals surface area contributed by atoms with E-state index in [1.165, 1.54) is 0 Å². The van der Waals surface area contributed by atoms with Crippen molar-refractivity contribution in [1.29, 1.82) is 0 Å². The van der Waals surface area contributed by atoms with Gasteiger partial charge in [0.2, 0.25) is 0 Å². The smallest absolute Gasteiger partial charge is 0.410 e. The Morgan fingerprint density at radius 2 is 1.60 bits per heavy atom. The van der Waals surface area contributed by atoms with Gasteiger partial charge in [0.25, 0.3) is 0 Å². The number of carboxylic acids is 1. The molecule has 10 nitrogen and oxygen atoms in total. The third-order valence-corrected chi connectivity index (χ3v) is 7.81. The van der Waals surface area contributed by atoms with Crippen LogP contribution >= 0.6 is 0 Å². The van der Waals surface area contributed by atoms with Gasteiger partial charge in [0.15, 0.2) is 5.78 Å². The summed E-state index contributed by atoms with van der Waals surface area (Å²) in [5.41, 5.74) is 2.08. The van der Waals surface area contributed by atoms with Gasteiger partial charge in [-0.25, -0.2) is 14.6 Å². The number of ketones is 1. The summed E-state index contributed by atoms with van der Waals surface area (Å²) in [7, 11) is 1.73. The molecule has 1 amide bonds. The lowest BCUT2D eigenvalue weighted by Gasteiger charge is -2.42. The van der Waals surface area contributed by atoms with E-state index in [9.17, 15) is 19.5 Å². The third kappa shape index (κ3) is 5.48. The molecule has 40 heavy (non-hydrogen) atoms. The zero-order chi connectivity index (χ0) is 28.8. The van der Waals surface area contributed by atoms with Crippen LogP contribution in [0.5, 0.6) is 0 Å². The lowest BCUT2D eigenvalue weighted by Crippen LogP contribution is -2.48. The first-order chi connectivity index (χ1) is 18.9. The average molecular weight is 548 g/mol. The van der Waals surface area contributed by atoms with Crippen LogP contribution in [0.25, 0.3) is 11.0 Å². The molecule has 2 aromatic heterocycles. The van der Waals surface area contributed by atoms with Crippen LogP contribution in [-0.2, 0) is 4.74 Å². The van der Waals surface area contributed by atoms with Gasteiger partial charge >= 0.3 is 12.1 Å². The van der Waals surface area contributed by atoms with Crippen LogP contribution in [0, 0.1) is 0 Å². The van der Waals surface area contributed by atoms with E-state index in [-0.39, 0.29) is 29.7 Å². The summed E-state index contributed by atoms with van der Waals surface area (Å²) >= 11 is 0. The van der Waals surface area contributed by atoms with Crippen molar-refractivity contribution >= 4 is 40.4 Å². The Morgan fingerprint density at radius 1 is 0.975 bits per heavy atom. The maximum Gasteiger partial charge on any atom is 0.410 e. The number of amides is 1. The number of fused-ring (bicyclic) bond motifs is 1. The zero-order valence-electron chi connectivity index (χ0n) is 23.8. The Labute approximate surface area is 234 Å². The van der Waals surface area contributed by atoms with E-state index in [1.54, 1.807) is 24.9 Å². The molecule has 1 saturated heterocycles. The van der Waals surface area contributed by atoms with Crippen molar-refractivity contribution in [2.45, 2.75) is 58.2 Å². The first kappa shape index (κ1) is 27.5. The van der Waals surface area contributed by atoms with Gasteiger partial charge in [-0.15, -0.1) is 0 Å².